The van der Waals surface area contributed by atoms with Gasteiger partial charge >= 0.3 is 0 Å². The number of hydrogen-bond acceptors (Lipinski definition) is 1. The lowest BCUT2D eigenvalue weighted by Gasteiger charge is -1.77. The average molecular weight is 149 g/mol. The number of rotatable bonds is 1. The largest absolute Gasteiger partial charge is 0.372 e. The van der Waals surface area contributed by atoms with Crippen molar-refractivity contribution in [2.75, 3.05) is 13.7 Å². The van der Waals surface area contributed by atoms with Gasteiger partial charge in [-0.15, -0.1) is 0 Å². The van der Waals surface area contributed by atoms with Crippen LogP contribution in [0.2, 0.25) is 0 Å². The minimum absolute atomic E-state index is 0.505. The van der Waals surface area contributed by atoms with Crippen LogP contribution < -0.4 is 0 Å². The molecule has 34 valence electrons. The molecule has 0 aliphatic carbocycles. The van der Waals surface area contributed by atoms with Crippen molar-refractivity contribution in [3.05, 3.63) is 0 Å². The normalized spacial score (nSPS) is 6.33. The molecule has 0 heterocycles. The van der Waals surface area contributed by atoms with Gasteiger partial charge in [0.1, 0.15) is 6.61 Å². The summed E-state index contributed by atoms with van der Waals surface area (Å²) in [6.45, 7) is 0.505. The fourth-order valence-corrected chi connectivity index (χ4v) is 0.214. The molecule has 1 nitrogen and oxygen atoms in total. The molecule has 2 heteroatoms. The Balaban J connectivity index is 2.79. The predicted molar refractivity (Wildman–Crippen MR) is 28.6 cm³/mol. The lowest BCUT2D eigenvalue weighted by atomic mass is 10.8. The Bertz CT molecular complexity index is 69.4. The van der Waals surface area contributed by atoms with Crippen LogP contribution in [0.25, 0.3) is 0 Å². The van der Waals surface area contributed by atoms with Gasteiger partial charge < -0.3 is 4.74 Å². The van der Waals surface area contributed by atoms with E-state index in [1.807, 2.05) is 0 Å². The van der Waals surface area contributed by atoms with E-state index in [9.17, 15) is 0 Å². The van der Waals surface area contributed by atoms with Gasteiger partial charge in [0, 0.05) is 23.0 Å². The first kappa shape index (κ1) is 6.00. The van der Waals surface area contributed by atoms with E-state index >= 15 is 0 Å². The quantitative estimate of drug-likeness (QED) is 0.505. The smallest absolute Gasteiger partial charge is 0.108 e. The molecule has 0 spiro atoms. The van der Waals surface area contributed by atoms with Crippen LogP contribution in [0.1, 0.15) is 0 Å². The Morgan fingerprint density at radius 2 is 2.50 bits per heavy atom. The predicted octanol–water partition coefficient (Wildman–Crippen LogP) is 0.989. The van der Waals surface area contributed by atoms with Gasteiger partial charge in [-0.2, -0.15) is 0 Å². The van der Waals surface area contributed by atoms with Crippen LogP contribution in [0.3, 0.4) is 0 Å². The molecule has 0 N–H and O–H groups in total. The van der Waals surface area contributed by atoms with Crippen molar-refractivity contribution in [3.63, 3.8) is 0 Å². The minimum Gasteiger partial charge on any atom is -0.372 e. The zero-order chi connectivity index (χ0) is 4.83. The Morgan fingerprint density at radius 3 is 2.67 bits per heavy atom. The SMILES string of the molecule is COCC#CBr. The summed E-state index contributed by atoms with van der Waals surface area (Å²) in [4.78, 5) is 2.51. The molecule has 0 radical (unpaired) electrons. The van der Waals surface area contributed by atoms with Crippen LogP contribution in [-0.2, 0) is 4.74 Å². The molecule has 0 unspecified atom stereocenters. The zero-order valence-corrected chi connectivity index (χ0v) is 5.08. The molecule has 0 bridgehead atoms. The third-order valence-corrected chi connectivity index (χ3v) is 0.564. The van der Waals surface area contributed by atoms with Crippen molar-refractivity contribution in [1.82, 2.24) is 0 Å². The van der Waals surface area contributed by atoms with Crippen molar-refractivity contribution in [2.24, 2.45) is 0 Å². The summed E-state index contributed by atoms with van der Waals surface area (Å²) in [7, 11) is 1.61. The van der Waals surface area contributed by atoms with Crippen LogP contribution in [0.5, 0.6) is 0 Å². The first-order valence-electron chi connectivity index (χ1n) is 1.49. The van der Waals surface area contributed by atoms with Gasteiger partial charge in [-0.1, -0.05) is 5.92 Å². The van der Waals surface area contributed by atoms with Crippen molar-refractivity contribution in [2.45, 2.75) is 0 Å². The summed E-state index contributed by atoms with van der Waals surface area (Å²) in [5.74, 6) is 2.64. The van der Waals surface area contributed by atoms with E-state index in [2.05, 4.69) is 31.4 Å². The first-order valence-corrected chi connectivity index (χ1v) is 2.28. The second kappa shape index (κ2) is 5.00. The van der Waals surface area contributed by atoms with Crippen LogP contribution in [-0.4, -0.2) is 13.7 Å². The number of methoxy groups -OCH3 is 1. The Kier molecular flexibility index (Phi) is 5.00. The molecule has 0 aromatic carbocycles. The zero-order valence-electron chi connectivity index (χ0n) is 3.49. The highest BCUT2D eigenvalue weighted by Crippen LogP contribution is 1.68. The van der Waals surface area contributed by atoms with E-state index in [4.69, 9.17) is 0 Å². The molecule has 0 amide bonds. The van der Waals surface area contributed by atoms with E-state index in [-0.39, 0.29) is 0 Å². The molecule has 0 aromatic heterocycles. The summed E-state index contributed by atoms with van der Waals surface area (Å²) < 4.78 is 4.58. The van der Waals surface area contributed by atoms with E-state index in [1.165, 1.54) is 0 Å². The van der Waals surface area contributed by atoms with Gasteiger partial charge in [-0.25, -0.2) is 0 Å². The van der Waals surface area contributed by atoms with Gasteiger partial charge in [0.25, 0.3) is 0 Å². The van der Waals surface area contributed by atoms with Crippen molar-refractivity contribution in [1.29, 1.82) is 0 Å². The Labute approximate surface area is 45.8 Å². The summed E-state index contributed by atoms with van der Waals surface area (Å²) in [5.41, 5.74) is 0. The summed E-state index contributed by atoms with van der Waals surface area (Å²) in [6.07, 6.45) is 0. The highest BCUT2D eigenvalue weighted by molar-refractivity contribution is 9.12. The summed E-state index contributed by atoms with van der Waals surface area (Å²) >= 11 is 2.91. The fourth-order valence-electron chi connectivity index (χ4n) is 0.0994. The van der Waals surface area contributed by atoms with Crippen LogP contribution in [0.15, 0.2) is 0 Å². The maximum Gasteiger partial charge on any atom is 0.108 e. The topological polar surface area (TPSA) is 9.23 Å². The Morgan fingerprint density at radius 1 is 1.83 bits per heavy atom. The molecule has 0 saturated carbocycles. The maximum absolute atomic E-state index is 4.58. The van der Waals surface area contributed by atoms with E-state index < -0.39 is 0 Å². The lowest BCUT2D eigenvalue weighted by Crippen LogP contribution is -1.78. The second-order valence-corrected chi connectivity index (χ2v) is 1.10. The highest BCUT2D eigenvalue weighted by Gasteiger charge is 1.61. The van der Waals surface area contributed by atoms with E-state index in [0.29, 0.717) is 6.61 Å². The van der Waals surface area contributed by atoms with E-state index in [0.717, 1.165) is 0 Å². The lowest BCUT2D eigenvalue weighted by molar-refractivity contribution is 0.240. The van der Waals surface area contributed by atoms with Crippen molar-refractivity contribution < 1.29 is 4.74 Å². The van der Waals surface area contributed by atoms with Crippen LogP contribution in [0.4, 0.5) is 0 Å². The molecule has 0 aliphatic heterocycles. The van der Waals surface area contributed by atoms with Crippen molar-refractivity contribution >= 4 is 15.9 Å². The third-order valence-electron chi connectivity index (χ3n) is 0.283. The second-order valence-electron chi connectivity index (χ2n) is 0.704. The standard InChI is InChI=1S/C4H5BrO/c1-6-4-2-3-5/h4H2,1H3. The number of halogens is 1. The molecular formula is C4H5BrO. The highest BCUT2D eigenvalue weighted by atomic mass is 79.9. The fraction of sp³-hybridized carbons (Fsp3) is 0.500. The first-order chi connectivity index (χ1) is 2.91. The molecule has 0 aliphatic rings. The van der Waals surface area contributed by atoms with Crippen LogP contribution >= 0.6 is 15.9 Å². The van der Waals surface area contributed by atoms with E-state index in [1.54, 1.807) is 7.11 Å². The summed E-state index contributed by atoms with van der Waals surface area (Å²) in [5, 5.41) is 0. The average Bonchev–Trinajstić information content (AvgIpc) is 1.61. The molecular weight excluding hydrogens is 144 g/mol. The van der Waals surface area contributed by atoms with Gasteiger partial charge in [0.05, 0.1) is 0 Å². The summed E-state index contributed by atoms with van der Waals surface area (Å²) in [6, 6.07) is 0. The molecule has 0 atom stereocenters. The van der Waals surface area contributed by atoms with Gasteiger partial charge in [0.2, 0.25) is 0 Å². The monoisotopic (exact) mass is 148 g/mol. The molecule has 0 fully saturated rings. The van der Waals surface area contributed by atoms with Gasteiger partial charge in [-0.3, -0.25) is 0 Å². The van der Waals surface area contributed by atoms with Crippen LogP contribution in [0, 0.1) is 10.8 Å². The van der Waals surface area contributed by atoms with Gasteiger partial charge in [-0.05, 0) is 4.83 Å². The third kappa shape index (κ3) is 4.00. The van der Waals surface area contributed by atoms with Crippen molar-refractivity contribution in [3.8, 4) is 10.8 Å². The number of hydrogen-bond donors (Lipinski definition) is 0. The molecule has 6 heavy (non-hydrogen) atoms. The minimum atomic E-state index is 0.505. The maximum atomic E-state index is 4.58. The van der Waals surface area contributed by atoms with Gasteiger partial charge in [0.15, 0.2) is 0 Å². The molecule has 0 rings (SSSR count). The Hall–Kier alpha value is 0. The molecule has 0 saturated heterocycles. The molecule has 0 aromatic rings. The number of ether oxygens (including phenoxy) is 1.